The zero-order chi connectivity index (χ0) is 33.1. The number of hydrogen-bond acceptors (Lipinski definition) is 2. The van der Waals surface area contributed by atoms with Crippen molar-refractivity contribution in [2.75, 3.05) is 0 Å². The highest BCUT2D eigenvalue weighted by Gasteiger charge is 2.23. The molecule has 11 heteroatoms. The fourth-order valence-corrected chi connectivity index (χ4v) is 4.87. The highest BCUT2D eigenvalue weighted by molar-refractivity contribution is 5.85. The number of rotatable bonds is 9. The van der Waals surface area contributed by atoms with E-state index in [1.54, 1.807) is 12.4 Å². The van der Waals surface area contributed by atoms with Crippen LogP contribution in [0, 0.1) is 40.7 Å². The minimum Gasteiger partial charge on any atom is -0.236 e. The van der Waals surface area contributed by atoms with Crippen LogP contribution in [0.4, 0.5) is 39.5 Å². The van der Waals surface area contributed by atoms with Crippen molar-refractivity contribution in [3.8, 4) is 33.6 Å². The molecule has 46 heavy (non-hydrogen) atoms. The Kier molecular flexibility index (Phi) is 9.60. The van der Waals surface area contributed by atoms with Gasteiger partial charge in [-0.1, -0.05) is 44.0 Å². The van der Waals surface area contributed by atoms with E-state index in [4.69, 9.17) is 0 Å². The van der Waals surface area contributed by atoms with Crippen LogP contribution in [0.2, 0.25) is 0 Å². The molecule has 0 unspecified atom stereocenters. The number of benzene rings is 4. The lowest BCUT2D eigenvalue weighted by Gasteiger charge is -2.11. The molecule has 236 valence electrons. The van der Waals surface area contributed by atoms with Crippen LogP contribution in [-0.2, 0) is 6.42 Å². The van der Waals surface area contributed by atoms with Crippen molar-refractivity contribution in [3.05, 3.63) is 130 Å². The van der Waals surface area contributed by atoms with E-state index in [0.717, 1.165) is 49.4 Å². The lowest BCUT2D eigenvalue weighted by atomic mass is 9.99. The Hall–Kier alpha value is -4.93. The maximum absolute atomic E-state index is 15.1. The first-order valence-electron chi connectivity index (χ1n) is 14.1. The molecule has 0 saturated carbocycles. The van der Waals surface area contributed by atoms with Gasteiger partial charge in [0.1, 0.15) is 23.3 Å². The van der Waals surface area contributed by atoms with Crippen LogP contribution in [0.3, 0.4) is 0 Å². The fraction of sp³-hybridized carbons (Fsp3) is 0.143. The van der Waals surface area contributed by atoms with Crippen molar-refractivity contribution in [2.24, 2.45) is 0 Å². The van der Waals surface area contributed by atoms with Gasteiger partial charge in [-0.05, 0) is 65.9 Å². The lowest BCUT2D eigenvalue weighted by molar-refractivity contribution is 0.447. The SMILES string of the molecule is CCCCCc1cnc(-c2ccc(-c3cc(F)c(/C(F)=C(\F)c4ccc(-c5cc(F)c(F)c(F)c5)c(F)c4)c(F)c3)c(F)c2)nc1. The lowest BCUT2D eigenvalue weighted by Crippen LogP contribution is -1.98. The molecule has 0 aliphatic carbocycles. The molecule has 2 nitrogen and oxygen atoms in total. The molecule has 1 aromatic heterocycles. The van der Waals surface area contributed by atoms with Gasteiger partial charge < -0.3 is 0 Å². The minimum atomic E-state index is -2.02. The molecule has 0 bridgehead atoms. The summed E-state index contributed by atoms with van der Waals surface area (Å²) in [5.41, 5.74) is -2.42. The second-order valence-corrected chi connectivity index (χ2v) is 10.5. The van der Waals surface area contributed by atoms with Gasteiger partial charge in [-0.25, -0.2) is 49.5 Å². The van der Waals surface area contributed by atoms with Gasteiger partial charge in [0.05, 0.1) is 5.56 Å². The summed E-state index contributed by atoms with van der Waals surface area (Å²) in [6.07, 6.45) is 7.21. The first kappa shape index (κ1) is 32.5. The van der Waals surface area contributed by atoms with Crippen LogP contribution in [0.15, 0.2) is 73.1 Å². The number of unbranched alkanes of at least 4 members (excludes halogenated alkanes) is 2. The normalized spacial score (nSPS) is 12.0. The largest absolute Gasteiger partial charge is 0.236 e. The number of aryl methyl sites for hydroxylation is 1. The molecule has 0 aliphatic heterocycles. The van der Waals surface area contributed by atoms with Crippen molar-refractivity contribution in [3.63, 3.8) is 0 Å². The van der Waals surface area contributed by atoms with Crippen molar-refractivity contribution in [1.29, 1.82) is 0 Å². The monoisotopic (exact) mass is 642 g/mol. The van der Waals surface area contributed by atoms with E-state index in [1.165, 1.54) is 12.1 Å². The summed E-state index contributed by atoms with van der Waals surface area (Å²) < 4.78 is 130. The predicted molar refractivity (Wildman–Crippen MR) is 157 cm³/mol. The highest BCUT2D eigenvalue weighted by Crippen LogP contribution is 2.37. The molecule has 0 radical (unpaired) electrons. The molecular formula is C35H23F9N2. The topological polar surface area (TPSA) is 25.8 Å². The molecule has 0 atom stereocenters. The van der Waals surface area contributed by atoms with Gasteiger partial charge in [-0.2, -0.15) is 0 Å². The Morgan fingerprint density at radius 3 is 1.63 bits per heavy atom. The molecular weight excluding hydrogens is 619 g/mol. The first-order valence-corrected chi connectivity index (χ1v) is 14.1. The third kappa shape index (κ3) is 6.68. The number of hydrogen-bond donors (Lipinski definition) is 0. The van der Waals surface area contributed by atoms with E-state index < -0.39 is 74.6 Å². The molecule has 0 saturated heterocycles. The quantitative estimate of drug-likeness (QED) is 0.0692. The summed E-state index contributed by atoms with van der Waals surface area (Å²) in [6.45, 7) is 2.09. The average molecular weight is 643 g/mol. The predicted octanol–water partition coefficient (Wildman–Crippen LogP) is 10.9. The number of aromatic nitrogens is 2. The Balaban J connectivity index is 1.41. The summed E-state index contributed by atoms with van der Waals surface area (Å²) in [4.78, 5) is 8.52. The maximum atomic E-state index is 15.1. The summed E-state index contributed by atoms with van der Waals surface area (Å²) in [5, 5.41) is 0. The zero-order valence-electron chi connectivity index (χ0n) is 24.1. The third-order valence-corrected chi connectivity index (χ3v) is 7.28. The van der Waals surface area contributed by atoms with Crippen molar-refractivity contribution in [1.82, 2.24) is 9.97 Å². The minimum absolute atomic E-state index is 0.236. The van der Waals surface area contributed by atoms with Gasteiger partial charge in [0.15, 0.2) is 34.9 Å². The van der Waals surface area contributed by atoms with E-state index in [9.17, 15) is 17.6 Å². The second kappa shape index (κ2) is 13.6. The van der Waals surface area contributed by atoms with E-state index >= 15 is 22.0 Å². The van der Waals surface area contributed by atoms with E-state index in [0.29, 0.717) is 35.9 Å². The first-order chi connectivity index (χ1) is 22.0. The van der Waals surface area contributed by atoms with Crippen LogP contribution in [-0.4, -0.2) is 9.97 Å². The van der Waals surface area contributed by atoms with Crippen LogP contribution < -0.4 is 0 Å². The average Bonchev–Trinajstić information content (AvgIpc) is 3.03. The van der Waals surface area contributed by atoms with Crippen LogP contribution >= 0.6 is 0 Å². The second-order valence-electron chi connectivity index (χ2n) is 10.5. The molecule has 0 N–H and O–H groups in total. The number of nitrogens with zero attached hydrogens (tertiary/aromatic N) is 2. The summed E-state index contributed by atoms with van der Waals surface area (Å²) in [5.74, 6) is -13.9. The molecule has 0 fully saturated rings. The number of halogens is 9. The summed E-state index contributed by atoms with van der Waals surface area (Å²) in [7, 11) is 0. The van der Waals surface area contributed by atoms with Crippen molar-refractivity contribution >= 4 is 11.7 Å². The molecule has 5 rings (SSSR count). The fourth-order valence-electron chi connectivity index (χ4n) is 4.87. The van der Waals surface area contributed by atoms with Crippen molar-refractivity contribution in [2.45, 2.75) is 32.6 Å². The Morgan fingerprint density at radius 2 is 1.09 bits per heavy atom. The van der Waals surface area contributed by atoms with Gasteiger partial charge in [0.2, 0.25) is 0 Å². The Morgan fingerprint density at radius 1 is 0.565 bits per heavy atom. The van der Waals surface area contributed by atoms with Crippen LogP contribution in [0.25, 0.3) is 45.3 Å². The smallest absolute Gasteiger partial charge is 0.194 e. The van der Waals surface area contributed by atoms with E-state index in [2.05, 4.69) is 16.9 Å². The highest BCUT2D eigenvalue weighted by atomic mass is 19.2. The standard InChI is InChI=1S/C35H23F9N2/c1-2-3-4-5-18-16-45-35(46-17-18)20-7-9-24(26(37)11-20)21-12-27(38)31(28(39)13-21)34(44)32(42)19-6-8-23(25(36)10-19)22-14-29(40)33(43)30(41)15-22/h6-17H,2-5H2,1H3/b34-32+. The maximum Gasteiger partial charge on any atom is 0.194 e. The molecule has 0 spiro atoms. The molecule has 1 heterocycles. The summed E-state index contributed by atoms with van der Waals surface area (Å²) >= 11 is 0. The zero-order valence-corrected chi connectivity index (χ0v) is 24.1. The molecule has 0 amide bonds. The van der Waals surface area contributed by atoms with Gasteiger partial charge in [0.25, 0.3) is 0 Å². The van der Waals surface area contributed by atoms with Gasteiger partial charge in [-0.3, -0.25) is 0 Å². The molecule has 0 aliphatic rings. The third-order valence-electron chi connectivity index (χ3n) is 7.28. The Labute approximate surface area is 257 Å². The van der Waals surface area contributed by atoms with E-state index in [-0.39, 0.29) is 17.0 Å². The van der Waals surface area contributed by atoms with Crippen LogP contribution in [0.1, 0.15) is 42.9 Å². The van der Waals surface area contributed by atoms with Crippen molar-refractivity contribution < 1.29 is 39.5 Å². The van der Waals surface area contributed by atoms with Gasteiger partial charge in [0, 0.05) is 34.6 Å². The summed E-state index contributed by atoms with van der Waals surface area (Å²) in [6, 6.07) is 8.09. The van der Waals surface area contributed by atoms with Gasteiger partial charge >= 0.3 is 0 Å². The Bertz CT molecular complexity index is 1910. The van der Waals surface area contributed by atoms with E-state index in [1.807, 2.05) is 0 Å². The van der Waals surface area contributed by atoms with Crippen LogP contribution in [0.5, 0.6) is 0 Å². The van der Waals surface area contributed by atoms with Gasteiger partial charge in [-0.15, -0.1) is 0 Å². The molecule has 5 aromatic rings. The molecule has 4 aromatic carbocycles.